The molecule has 1 N–H and O–H groups in total. The molecule has 0 unspecified atom stereocenters. The number of hydrogen-bond acceptors (Lipinski definition) is 4. The van der Waals surface area contributed by atoms with Gasteiger partial charge < -0.3 is 19.2 Å². The number of rotatable bonds is 6. The van der Waals surface area contributed by atoms with Crippen LogP contribution in [-0.4, -0.2) is 20.1 Å². The number of nitrogens with one attached hydrogen (secondary N) is 1. The second kappa shape index (κ2) is 9.16. The van der Waals surface area contributed by atoms with Gasteiger partial charge >= 0.3 is 0 Å². The smallest absolute Gasteiger partial charge is 0.248 e. The molecular weight excluding hydrogens is 428 g/mol. The van der Waals surface area contributed by atoms with Gasteiger partial charge in [0.05, 0.1) is 26.2 Å². The molecule has 4 aromatic rings. The molecule has 0 radical (unpaired) electrons. The molecule has 4 rings (SSSR count). The zero-order valence-corrected chi connectivity index (χ0v) is 18.2. The third kappa shape index (κ3) is 4.57. The monoisotopic (exact) mass is 449 g/mol. The molecule has 1 heterocycles. The molecule has 3 aromatic carbocycles. The van der Waals surface area contributed by atoms with Gasteiger partial charge in [-0.05, 0) is 48.4 Å². The first-order valence-corrected chi connectivity index (χ1v) is 10.1. The molecule has 168 valence electrons. The van der Waals surface area contributed by atoms with Crippen LogP contribution in [0.1, 0.15) is 12.5 Å². The Morgan fingerprint density at radius 3 is 2.58 bits per heavy atom. The molecule has 7 heteroatoms. The van der Waals surface area contributed by atoms with Crippen LogP contribution in [0, 0.1) is 11.6 Å². The van der Waals surface area contributed by atoms with Crippen molar-refractivity contribution in [3.8, 4) is 22.6 Å². The summed E-state index contributed by atoms with van der Waals surface area (Å²) in [6, 6.07) is 14.2. The fourth-order valence-corrected chi connectivity index (χ4v) is 3.58. The average molecular weight is 449 g/mol. The summed E-state index contributed by atoms with van der Waals surface area (Å²) >= 11 is 0. The lowest BCUT2D eigenvalue weighted by molar-refractivity contribution is -0.111. The Kier molecular flexibility index (Phi) is 6.13. The summed E-state index contributed by atoms with van der Waals surface area (Å²) in [5, 5.41) is 3.26. The van der Waals surface area contributed by atoms with E-state index in [-0.39, 0.29) is 5.69 Å². The number of halogens is 2. The van der Waals surface area contributed by atoms with Crippen LogP contribution >= 0.6 is 0 Å². The molecular formula is C26H21F2NO4. The summed E-state index contributed by atoms with van der Waals surface area (Å²) in [7, 11) is 3.13. The van der Waals surface area contributed by atoms with Gasteiger partial charge in [0, 0.05) is 34.7 Å². The van der Waals surface area contributed by atoms with Gasteiger partial charge in [-0.15, -0.1) is 0 Å². The van der Waals surface area contributed by atoms with Crippen LogP contribution in [-0.2, 0) is 4.79 Å². The van der Waals surface area contributed by atoms with Gasteiger partial charge in [-0.2, -0.15) is 0 Å². The van der Waals surface area contributed by atoms with Crippen molar-refractivity contribution >= 4 is 28.1 Å². The topological polar surface area (TPSA) is 60.7 Å². The standard InChI is InChI=1S/C26H21F2NO4/c1-15(9-26(30)29-23-8-7-17(27)11-22(23)28)19-12-20-21(14-33-25(20)13-24(19)32-3)16-5-4-6-18(10-16)31-2/h4-14H,1-3H3,(H,29,30)/b15-9+. The SMILES string of the molecule is COc1cccc(-c2coc3cc(OC)c(/C(C)=C/C(=O)Nc4ccc(F)cc4F)cc23)c1. The summed E-state index contributed by atoms with van der Waals surface area (Å²) < 4.78 is 43.5. The number of carbonyl (C=O) groups is 1. The van der Waals surface area contributed by atoms with Gasteiger partial charge in [0.25, 0.3) is 0 Å². The second-order valence-electron chi connectivity index (χ2n) is 7.37. The van der Waals surface area contributed by atoms with E-state index in [0.717, 1.165) is 28.3 Å². The number of carbonyl (C=O) groups excluding carboxylic acids is 1. The number of ether oxygens (including phenoxy) is 2. The summed E-state index contributed by atoms with van der Waals surface area (Å²) in [5.41, 5.74) is 3.55. The van der Waals surface area contributed by atoms with E-state index in [9.17, 15) is 13.6 Å². The predicted octanol–water partition coefficient (Wildman–Crippen LogP) is 6.44. The lowest BCUT2D eigenvalue weighted by Gasteiger charge is -2.11. The number of benzene rings is 3. The Morgan fingerprint density at radius 1 is 1.03 bits per heavy atom. The Bertz CT molecular complexity index is 1370. The van der Waals surface area contributed by atoms with Crippen LogP contribution in [0.5, 0.6) is 11.5 Å². The highest BCUT2D eigenvalue weighted by atomic mass is 19.1. The summed E-state index contributed by atoms with van der Waals surface area (Å²) in [5.74, 6) is -0.891. The first kappa shape index (κ1) is 22.1. The molecule has 0 spiro atoms. The predicted molar refractivity (Wildman–Crippen MR) is 123 cm³/mol. The van der Waals surface area contributed by atoms with Crippen molar-refractivity contribution in [2.45, 2.75) is 6.92 Å². The Hall–Kier alpha value is -4.13. The number of amides is 1. The van der Waals surface area contributed by atoms with E-state index >= 15 is 0 Å². The maximum atomic E-state index is 13.9. The van der Waals surface area contributed by atoms with E-state index in [1.54, 1.807) is 26.4 Å². The minimum atomic E-state index is -0.852. The van der Waals surface area contributed by atoms with Crippen LogP contribution in [0.2, 0.25) is 0 Å². The molecule has 0 saturated carbocycles. The van der Waals surface area contributed by atoms with Crippen LogP contribution in [0.3, 0.4) is 0 Å². The molecule has 0 bridgehead atoms. The largest absolute Gasteiger partial charge is 0.497 e. The number of methoxy groups -OCH3 is 2. The fraction of sp³-hybridized carbons (Fsp3) is 0.115. The van der Waals surface area contributed by atoms with Crippen molar-refractivity contribution in [1.29, 1.82) is 0 Å². The van der Waals surface area contributed by atoms with Gasteiger partial charge in [0.1, 0.15) is 28.7 Å². The molecule has 0 aliphatic carbocycles. The zero-order valence-electron chi connectivity index (χ0n) is 18.2. The molecule has 33 heavy (non-hydrogen) atoms. The van der Waals surface area contributed by atoms with Gasteiger partial charge in [-0.25, -0.2) is 8.78 Å². The quantitative estimate of drug-likeness (QED) is 0.344. The highest BCUT2D eigenvalue weighted by Gasteiger charge is 2.16. The number of furan rings is 1. The van der Waals surface area contributed by atoms with Crippen molar-refractivity contribution in [3.63, 3.8) is 0 Å². The van der Waals surface area contributed by atoms with Crippen molar-refractivity contribution in [2.75, 3.05) is 19.5 Å². The molecule has 0 saturated heterocycles. The summed E-state index contributed by atoms with van der Waals surface area (Å²) in [4.78, 5) is 12.5. The molecule has 0 aliphatic heterocycles. The van der Waals surface area contributed by atoms with Crippen molar-refractivity contribution in [2.24, 2.45) is 0 Å². The van der Waals surface area contributed by atoms with Gasteiger partial charge in [0.15, 0.2) is 0 Å². The van der Waals surface area contributed by atoms with E-state index in [0.29, 0.717) is 28.5 Å². The maximum Gasteiger partial charge on any atom is 0.248 e. The highest BCUT2D eigenvalue weighted by Crippen LogP contribution is 2.38. The van der Waals surface area contributed by atoms with Gasteiger partial charge in [-0.3, -0.25) is 4.79 Å². The average Bonchev–Trinajstić information content (AvgIpc) is 3.23. The van der Waals surface area contributed by atoms with Crippen molar-refractivity contribution in [3.05, 3.63) is 84.1 Å². The third-order valence-electron chi connectivity index (χ3n) is 5.24. The third-order valence-corrected chi connectivity index (χ3v) is 5.24. The molecule has 5 nitrogen and oxygen atoms in total. The van der Waals surface area contributed by atoms with E-state index in [2.05, 4.69) is 5.32 Å². The van der Waals surface area contributed by atoms with E-state index in [1.807, 2.05) is 30.3 Å². The number of hydrogen-bond donors (Lipinski definition) is 1. The maximum absolute atomic E-state index is 13.9. The normalized spacial score (nSPS) is 11.5. The Morgan fingerprint density at radius 2 is 1.85 bits per heavy atom. The number of allylic oxidation sites excluding steroid dienone is 1. The highest BCUT2D eigenvalue weighted by molar-refractivity contribution is 6.05. The van der Waals surface area contributed by atoms with E-state index < -0.39 is 17.5 Å². The number of anilines is 1. The minimum Gasteiger partial charge on any atom is -0.497 e. The molecule has 0 fully saturated rings. The van der Waals surface area contributed by atoms with Gasteiger partial charge in [0.2, 0.25) is 5.91 Å². The Balaban J connectivity index is 1.71. The van der Waals surface area contributed by atoms with Crippen LogP contribution in [0.25, 0.3) is 27.7 Å². The van der Waals surface area contributed by atoms with Gasteiger partial charge in [-0.1, -0.05) is 12.1 Å². The van der Waals surface area contributed by atoms with Crippen LogP contribution in [0.15, 0.2) is 71.4 Å². The van der Waals surface area contributed by atoms with E-state index in [1.165, 1.54) is 19.3 Å². The minimum absolute atomic E-state index is 0.108. The first-order chi connectivity index (χ1) is 15.9. The summed E-state index contributed by atoms with van der Waals surface area (Å²) in [6.07, 6.45) is 2.99. The van der Waals surface area contributed by atoms with Crippen LogP contribution in [0.4, 0.5) is 14.5 Å². The van der Waals surface area contributed by atoms with Crippen molar-refractivity contribution < 1.29 is 27.5 Å². The Labute approximate surface area is 189 Å². The fourth-order valence-electron chi connectivity index (χ4n) is 3.58. The zero-order chi connectivity index (χ0) is 23.5. The molecule has 0 atom stereocenters. The number of fused-ring (bicyclic) bond motifs is 1. The molecule has 1 aromatic heterocycles. The lowest BCUT2D eigenvalue weighted by atomic mass is 9.99. The van der Waals surface area contributed by atoms with E-state index in [4.69, 9.17) is 13.9 Å². The summed E-state index contributed by atoms with van der Waals surface area (Å²) in [6.45, 7) is 1.75. The molecule has 1 amide bonds. The second-order valence-corrected chi connectivity index (χ2v) is 7.37. The van der Waals surface area contributed by atoms with Crippen LogP contribution < -0.4 is 14.8 Å². The first-order valence-electron chi connectivity index (χ1n) is 10.1. The lowest BCUT2D eigenvalue weighted by Crippen LogP contribution is -2.10. The van der Waals surface area contributed by atoms with Crippen molar-refractivity contribution in [1.82, 2.24) is 0 Å². The molecule has 0 aliphatic rings.